The molecule has 1 heterocycles. The predicted molar refractivity (Wildman–Crippen MR) is 84.3 cm³/mol. The van der Waals surface area contributed by atoms with E-state index in [1.54, 1.807) is 6.92 Å². The Kier molecular flexibility index (Phi) is 8.78. The number of hydrogen-bond donors (Lipinski definition) is 1. The lowest BCUT2D eigenvalue weighted by molar-refractivity contribution is -0.143. The minimum Gasteiger partial charge on any atom is -0.464 e. The maximum atomic E-state index is 12.0. The Balaban J connectivity index is 2.15. The molecule has 1 fully saturated rings. The van der Waals surface area contributed by atoms with Crippen LogP contribution in [-0.4, -0.2) is 30.3 Å². The molecule has 5 heteroatoms. The summed E-state index contributed by atoms with van der Waals surface area (Å²) < 4.78 is 4.79. The number of nitrogens with one attached hydrogen (secondary N) is 1. The van der Waals surface area contributed by atoms with Gasteiger partial charge in [-0.25, -0.2) is 4.79 Å². The summed E-state index contributed by atoms with van der Waals surface area (Å²) in [7, 11) is 0. The summed E-state index contributed by atoms with van der Waals surface area (Å²) in [6.07, 6.45) is 8.97. The van der Waals surface area contributed by atoms with E-state index in [4.69, 9.17) is 4.74 Å². The summed E-state index contributed by atoms with van der Waals surface area (Å²) in [4.78, 5) is 35.3. The van der Waals surface area contributed by atoms with Gasteiger partial charge in [0.15, 0.2) is 0 Å². The number of Topliss-reactive ketones (excluding diaryl/α,β-unsaturated/α-hetero) is 1. The van der Waals surface area contributed by atoms with Gasteiger partial charge in [-0.05, 0) is 13.3 Å². The van der Waals surface area contributed by atoms with Gasteiger partial charge < -0.3 is 10.1 Å². The summed E-state index contributed by atoms with van der Waals surface area (Å²) in [5.41, 5.74) is 0. The van der Waals surface area contributed by atoms with Crippen molar-refractivity contribution in [2.75, 3.05) is 6.61 Å². The van der Waals surface area contributed by atoms with Gasteiger partial charge in [-0.2, -0.15) is 0 Å². The second-order valence-electron chi connectivity index (χ2n) is 6.08. The first-order chi connectivity index (χ1) is 10.6. The monoisotopic (exact) mass is 311 g/mol. The highest BCUT2D eigenvalue weighted by atomic mass is 16.5. The maximum Gasteiger partial charge on any atom is 0.328 e. The van der Waals surface area contributed by atoms with Gasteiger partial charge in [0.1, 0.15) is 11.8 Å². The first-order valence-corrected chi connectivity index (χ1v) is 8.56. The van der Waals surface area contributed by atoms with E-state index >= 15 is 0 Å². The second kappa shape index (κ2) is 10.4. The zero-order valence-electron chi connectivity index (χ0n) is 13.9. The molecule has 0 aromatic heterocycles. The Morgan fingerprint density at radius 1 is 1.18 bits per heavy atom. The highest BCUT2D eigenvalue weighted by molar-refractivity contribution is 6.02. The fourth-order valence-electron chi connectivity index (χ4n) is 2.54. The normalized spacial score (nSPS) is 18.8. The zero-order chi connectivity index (χ0) is 16.4. The number of ether oxygens (including phenoxy) is 1. The number of cyclic esters (lactones) is 1. The van der Waals surface area contributed by atoms with Crippen molar-refractivity contribution in [1.29, 1.82) is 0 Å². The fraction of sp³-hybridized carbons (Fsp3) is 0.824. The SMILES string of the molecule is CCCCCCCCCC(=O)C(C)C(=O)N[C@H]1CCOC1=O. The van der Waals surface area contributed by atoms with Crippen LogP contribution in [-0.2, 0) is 19.1 Å². The van der Waals surface area contributed by atoms with Gasteiger partial charge in [0, 0.05) is 12.8 Å². The molecule has 0 aromatic carbocycles. The molecule has 126 valence electrons. The van der Waals surface area contributed by atoms with Crippen LogP contribution in [0.3, 0.4) is 0 Å². The van der Waals surface area contributed by atoms with E-state index in [1.807, 2.05) is 0 Å². The number of carbonyl (C=O) groups is 3. The van der Waals surface area contributed by atoms with Crippen LogP contribution in [0.1, 0.15) is 71.6 Å². The lowest BCUT2D eigenvalue weighted by Gasteiger charge is -2.13. The summed E-state index contributed by atoms with van der Waals surface area (Å²) in [6, 6.07) is -0.582. The number of hydrogen-bond acceptors (Lipinski definition) is 4. The fourth-order valence-corrected chi connectivity index (χ4v) is 2.54. The van der Waals surface area contributed by atoms with Gasteiger partial charge in [0.25, 0.3) is 0 Å². The maximum absolute atomic E-state index is 12.0. The molecule has 0 bridgehead atoms. The second-order valence-corrected chi connectivity index (χ2v) is 6.08. The number of rotatable bonds is 11. The van der Waals surface area contributed by atoms with E-state index < -0.39 is 17.9 Å². The van der Waals surface area contributed by atoms with Crippen molar-refractivity contribution in [3.05, 3.63) is 0 Å². The number of ketones is 1. The van der Waals surface area contributed by atoms with Crippen LogP contribution in [0.25, 0.3) is 0 Å². The van der Waals surface area contributed by atoms with E-state index in [0.29, 0.717) is 19.4 Å². The van der Waals surface area contributed by atoms with Gasteiger partial charge in [-0.15, -0.1) is 0 Å². The van der Waals surface area contributed by atoms with Gasteiger partial charge in [-0.1, -0.05) is 45.4 Å². The molecule has 1 N–H and O–H groups in total. The number of carbonyl (C=O) groups excluding carboxylic acids is 3. The Morgan fingerprint density at radius 2 is 1.82 bits per heavy atom. The number of esters is 1. The van der Waals surface area contributed by atoms with Crippen molar-refractivity contribution < 1.29 is 19.1 Å². The van der Waals surface area contributed by atoms with E-state index in [0.717, 1.165) is 19.3 Å². The highest BCUT2D eigenvalue weighted by Crippen LogP contribution is 2.12. The number of unbranched alkanes of at least 4 members (excludes halogenated alkanes) is 6. The predicted octanol–water partition coefficient (Wildman–Crippen LogP) is 2.76. The Bertz CT molecular complexity index is 381. The van der Waals surface area contributed by atoms with E-state index in [2.05, 4.69) is 12.2 Å². The van der Waals surface area contributed by atoms with Crippen LogP contribution in [0.2, 0.25) is 0 Å². The molecule has 2 atom stereocenters. The quantitative estimate of drug-likeness (QED) is 0.362. The standard InChI is InChI=1S/C17H29NO4/c1-3-4-5-6-7-8-9-10-15(19)13(2)16(20)18-14-11-12-22-17(14)21/h13-14H,3-12H2,1-2H3,(H,18,20)/t13?,14-/m0/s1. The summed E-state index contributed by atoms with van der Waals surface area (Å²) >= 11 is 0. The smallest absolute Gasteiger partial charge is 0.328 e. The van der Waals surface area contributed by atoms with Crippen molar-refractivity contribution in [3.63, 3.8) is 0 Å². The third-order valence-electron chi connectivity index (χ3n) is 4.15. The van der Waals surface area contributed by atoms with E-state index in [1.165, 1.54) is 25.7 Å². The van der Waals surface area contributed by atoms with Gasteiger partial charge in [0.2, 0.25) is 5.91 Å². The molecule has 1 saturated heterocycles. The van der Waals surface area contributed by atoms with Gasteiger partial charge in [-0.3, -0.25) is 9.59 Å². The minimum absolute atomic E-state index is 0.0441. The zero-order valence-corrected chi connectivity index (χ0v) is 13.9. The molecule has 5 nitrogen and oxygen atoms in total. The molecule has 22 heavy (non-hydrogen) atoms. The summed E-state index contributed by atoms with van der Waals surface area (Å²) in [6.45, 7) is 4.14. The molecular weight excluding hydrogens is 282 g/mol. The molecule has 1 unspecified atom stereocenters. The van der Waals surface area contributed by atoms with Crippen molar-refractivity contribution in [3.8, 4) is 0 Å². The molecule has 0 spiro atoms. The van der Waals surface area contributed by atoms with Crippen LogP contribution in [0.15, 0.2) is 0 Å². The van der Waals surface area contributed by atoms with E-state index in [-0.39, 0.29) is 11.7 Å². The van der Waals surface area contributed by atoms with Crippen LogP contribution in [0, 0.1) is 5.92 Å². The molecule has 0 aliphatic carbocycles. The first kappa shape index (κ1) is 18.7. The molecule has 0 radical (unpaired) electrons. The average molecular weight is 311 g/mol. The third-order valence-corrected chi connectivity index (χ3v) is 4.15. The Hall–Kier alpha value is -1.39. The lowest BCUT2D eigenvalue weighted by Crippen LogP contribution is -2.42. The molecular formula is C17H29NO4. The third kappa shape index (κ3) is 6.58. The highest BCUT2D eigenvalue weighted by Gasteiger charge is 2.30. The van der Waals surface area contributed by atoms with Crippen LogP contribution < -0.4 is 5.32 Å². The van der Waals surface area contributed by atoms with Crippen LogP contribution in [0.4, 0.5) is 0 Å². The topological polar surface area (TPSA) is 72.5 Å². The molecule has 1 rings (SSSR count). The first-order valence-electron chi connectivity index (χ1n) is 8.56. The molecule has 0 aromatic rings. The Labute approximate surface area is 133 Å². The molecule has 1 amide bonds. The van der Waals surface area contributed by atoms with Crippen LogP contribution in [0.5, 0.6) is 0 Å². The van der Waals surface area contributed by atoms with Crippen molar-refractivity contribution in [1.82, 2.24) is 5.32 Å². The Morgan fingerprint density at radius 3 is 2.41 bits per heavy atom. The molecule has 1 aliphatic rings. The molecule has 0 saturated carbocycles. The van der Waals surface area contributed by atoms with E-state index in [9.17, 15) is 14.4 Å². The largest absolute Gasteiger partial charge is 0.464 e. The summed E-state index contributed by atoms with van der Waals surface area (Å²) in [5, 5.41) is 2.60. The average Bonchev–Trinajstić information content (AvgIpc) is 2.90. The lowest BCUT2D eigenvalue weighted by atomic mass is 9.99. The minimum atomic E-state index is -0.687. The molecule has 1 aliphatic heterocycles. The van der Waals surface area contributed by atoms with Gasteiger partial charge >= 0.3 is 5.97 Å². The van der Waals surface area contributed by atoms with Crippen molar-refractivity contribution in [2.24, 2.45) is 5.92 Å². The van der Waals surface area contributed by atoms with Crippen molar-refractivity contribution in [2.45, 2.75) is 77.7 Å². The summed E-state index contributed by atoms with van der Waals surface area (Å²) in [5.74, 6) is -1.50. The number of amides is 1. The van der Waals surface area contributed by atoms with Gasteiger partial charge in [0.05, 0.1) is 12.5 Å². The van der Waals surface area contributed by atoms with Crippen molar-refractivity contribution >= 4 is 17.7 Å². The van der Waals surface area contributed by atoms with Crippen LogP contribution >= 0.6 is 0 Å².